The van der Waals surface area contributed by atoms with Crippen molar-refractivity contribution in [2.45, 2.75) is 52.9 Å². The molecule has 0 unspecified atom stereocenters. The van der Waals surface area contributed by atoms with Gasteiger partial charge in [0.15, 0.2) is 0 Å². The van der Waals surface area contributed by atoms with Gasteiger partial charge in [-0.15, -0.1) is 0 Å². The first-order chi connectivity index (χ1) is 5.15. The fraction of sp³-hybridized carbons (Fsp3) is 0.889. The van der Waals surface area contributed by atoms with Crippen molar-refractivity contribution in [3.05, 3.63) is 0 Å². The summed E-state index contributed by atoms with van der Waals surface area (Å²) in [5.41, 5.74) is 0. The Morgan fingerprint density at radius 1 is 1.09 bits per heavy atom. The largest absolute Gasteiger partial charge is 0.282 e. The van der Waals surface area contributed by atoms with Crippen molar-refractivity contribution in [3.63, 3.8) is 0 Å². The molecule has 0 aliphatic carbocycles. The van der Waals surface area contributed by atoms with Crippen molar-refractivity contribution in [1.29, 1.82) is 0 Å². The molecule has 0 atom stereocenters. The van der Waals surface area contributed by atoms with E-state index in [2.05, 4.69) is 25.4 Å². The van der Waals surface area contributed by atoms with Gasteiger partial charge >= 0.3 is 0 Å². The molecule has 1 nitrogen and oxygen atoms in total. The number of unbranched alkanes of at least 4 members (excludes halogenated alkanes) is 4. The molecular formula is C9H19ClO. The minimum absolute atomic E-state index is 0.361. The lowest BCUT2D eigenvalue weighted by Gasteiger charge is -1.90. The fourth-order valence-corrected chi connectivity index (χ4v) is 0.677. The summed E-state index contributed by atoms with van der Waals surface area (Å²) in [5, 5.41) is -0.361. The number of carbonyl (C=O) groups is 1. The molecule has 0 rings (SSSR count). The molecule has 0 bridgehead atoms. The normalized spacial score (nSPS) is 8.36. The van der Waals surface area contributed by atoms with Gasteiger partial charge in [-0.1, -0.05) is 46.0 Å². The molecule has 0 aliphatic rings. The molecule has 0 heterocycles. The monoisotopic (exact) mass is 178 g/mol. The van der Waals surface area contributed by atoms with Crippen molar-refractivity contribution in [2.24, 2.45) is 0 Å². The molecule has 0 N–H and O–H groups in total. The van der Waals surface area contributed by atoms with Crippen LogP contribution in [0.2, 0.25) is 0 Å². The van der Waals surface area contributed by atoms with Gasteiger partial charge in [-0.05, 0) is 11.6 Å². The van der Waals surface area contributed by atoms with E-state index >= 15 is 0 Å². The lowest BCUT2D eigenvalue weighted by molar-refractivity contribution is -0.109. The summed E-state index contributed by atoms with van der Waals surface area (Å²) in [4.78, 5) is 9.21. The smallest absolute Gasteiger partial charge is 0.218 e. The summed E-state index contributed by atoms with van der Waals surface area (Å²) in [5.74, 6) is 0. The molecule has 0 aromatic rings. The third-order valence-electron chi connectivity index (χ3n) is 1.21. The van der Waals surface area contributed by atoms with Gasteiger partial charge in [0, 0.05) is 6.92 Å². The molecule has 0 spiro atoms. The molecule has 0 aliphatic heterocycles. The first kappa shape index (κ1) is 13.5. The Kier molecular flexibility index (Phi) is 15.5. The van der Waals surface area contributed by atoms with Crippen molar-refractivity contribution in [2.75, 3.05) is 0 Å². The summed E-state index contributed by atoms with van der Waals surface area (Å²) in [6.45, 7) is 5.78. The molecule has 0 saturated carbocycles. The van der Waals surface area contributed by atoms with Crippen molar-refractivity contribution in [3.8, 4) is 0 Å². The van der Waals surface area contributed by atoms with Crippen LogP contribution in [0.25, 0.3) is 0 Å². The Balaban J connectivity index is 0. The fourth-order valence-electron chi connectivity index (χ4n) is 0.677. The van der Waals surface area contributed by atoms with E-state index in [0.717, 1.165) is 0 Å². The van der Waals surface area contributed by atoms with E-state index in [1.165, 1.54) is 39.0 Å². The van der Waals surface area contributed by atoms with E-state index in [-0.39, 0.29) is 5.24 Å². The second-order valence-electron chi connectivity index (χ2n) is 2.53. The van der Waals surface area contributed by atoms with E-state index < -0.39 is 0 Å². The maximum absolute atomic E-state index is 9.21. The minimum Gasteiger partial charge on any atom is -0.282 e. The van der Waals surface area contributed by atoms with Crippen LogP contribution in [0.15, 0.2) is 0 Å². The molecular weight excluding hydrogens is 160 g/mol. The van der Waals surface area contributed by atoms with Gasteiger partial charge in [0.1, 0.15) is 0 Å². The summed E-state index contributed by atoms with van der Waals surface area (Å²) in [7, 11) is 0. The Morgan fingerprint density at radius 2 is 1.36 bits per heavy atom. The molecule has 0 aromatic carbocycles. The van der Waals surface area contributed by atoms with Crippen LogP contribution in [-0.2, 0) is 4.79 Å². The van der Waals surface area contributed by atoms with E-state index in [0.29, 0.717) is 0 Å². The topological polar surface area (TPSA) is 17.1 Å². The quantitative estimate of drug-likeness (QED) is 0.474. The van der Waals surface area contributed by atoms with Gasteiger partial charge in [0.2, 0.25) is 5.24 Å². The van der Waals surface area contributed by atoms with E-state index in [1.807, 2.05) is 0 Å². The molecule has 0 fully saturated rings. The van der Waals surface area contributed by atoms with Gasteiger partial charge in [-0.3, -0.25) is 4.79 Å². The van der Waals surface area contributed by atoms with E-state index in [4.69, 9.17) is 0 Å². The van der Waals surface area contributed by atoms with Crippen LogP contribution in [0.5, 0.6) is 0 Å². The first-order valence-corrected chi connectivity index (χ1v) is 4.69. The summed E-state index contributed by atoms with van der Waals surface area (Å²) >= 11 is 4.64. The number of halogens is 1. The SMILES string of the molecule is CC(=O)Cl.CCCCCCC. The lowest BCUT2D eigenvalue weighted by Crippen LogP contribution is -1.70. The molecule has 68 valence electrons. The van der Waals surface area contributed by atoms with Gasteiger partial charge in [0.05, 0.1) is 0 Å². The zero-order valence-electron chi connectivity index (χ0n) is 7.82. The van der Waals surface area contributed by atoms with Crippen LogP contribution in [0.3, 0.4) is 0 Å². The van der Waals surface area contributed by atoms with Crippen molar-refractivity contribution >= 4 is 16.8 Å². The van der Waals surface area contributed by atoms with Crippen molar-refractivity contribution < 1.29 is 4.79 Å². The van der Waals surface area contributed by atoms with Crippen molar-refractivity contribution in [1.82, 2.24) is 0 Å². The zero-order chi connectivity index (χ0) is 9.11. The zero-order valence-corrected chi connectivity index (χ0v) is 8.58. The van der Waals surface area contributed by atoms with Crippen LogP contribution >= 0.6 is 11.6 Å². The van der Waals surface area contributed by atoms with Gasteiger partial charge < -0.3 is 0 Å². The van der Waals surface area contributed by atoms with Crippen LogP contribution in [0.1, 0.15) is 52.9 Å². The molecule has 11 heavy (non-hydrogen) atoms. The van der Waals surface area contributed by atoms with E-state index in [1.54, 1.807) is 0 Å². The lowest BCUT2D eigenvalue weighted by atomic mass is 10.2. The average Bonchev–Trinajstić information content (AvgIpc) is 1.88. The van der Waals surface area contributed by atoms with Gasteiger partial charge in [0.25, 0.3) is 0 Å². The Labute approximate surface area is 75.1 Å². The third-order valence-corrected chi connectivity index (χ3v) is 1.21. The number of rotatable bonds is 4. The van der Waals surface area contributed by atoms with Gasteiger partial charge in [-0.2, -0.15) is 0 Å². The van der Waals surface area contributed by atoms with Crippen LogP contribution in [-0.4, -0.2) is 5.24 Å². The second-order valence-corrected chi connectivity index (χ2v) is 3.06. The Bertz CT molecular complexity index is 73.6. The molecule has 2 heteroatoms. The van der Waals surface area contributed by atoms with Crippen LogP contribution in [0, 0.1) is 0 Å². The van der Waals surface area contributed by atoms with E-state index in [9.17, 15) is 4.79 Å². The molecule has 0 saturated heterocycles. The molecule has 0 aromatic heterocycles. The van der Waals surface area contributed by atoms with Crippen LogP contribution < -0.4 is 0 Å². The highest BCUT2D eigenvalue weighted by molar-refractivity contribution is 6.62. The summed E-state index contributed by atoms with van der Waals surface area (Å²) < 4.78 is 0. The predicted octanol–water partition coefficient (Wildman–Crippen LogP) is 3.75. The number of hydrogen-bond donors (Lipinski definition) is 0. The van der Waals surface area contributed by atoms with Gasteiger partial charge in [-0.25, -0.2) is 0 Å². The highest BCUT2D eigenvalue weighted by Crippen LogP contribution is 2.00. The second kappa shape index (κ2) is 12.6. The highest BCUT2D eigenvalue weighted by Gasteiger charge is 1.80. The summed E-state index contributed by atoms with van der Waals surface area (Å²) in [6, 6.07) is 0. The maximum Gasteiger partial charge on any atom is 0.218 e. The maximum atomic E-state index is 9.21. The highest BCUT2D eigenvalue weighted by atomic mass is 35.5. The molecule has 0 radical (unpaired) electrons. The molecule has 0 amide bonds. The average molecular weight is 179 g/mol. The summed E-state index contributed by atoms with van der Waals surface area (Å²) in [6.07, 6.45) is 7.01. The third kappa shape index (κ3) is 40.2. The first-order valence-electron chi connectivity index (χ1n) is 4.31. The number of carbonyl (C=O) groups excluding carboxylic acids is 1. The predicted molar refractivity (Wildman–Crippen MR) is 51.0 cm³/mol. The Hall–Kier alpha value is -0.0400. The standard InChI is InChI=1S/C7H16.C2H3ClO/c1-3-5-7-6-4-2;1-2(3)4/h3-7H2,1-2H3;1H3. The Morgan fingerprint density at radius 3 is 1.55 bits per heavy atom. The van der Waals surface area contributed by atoms with Crippen LogP contribution in [0.4, 0.5) is 0 Å². The number of hydrogen-bond acceptors (Lipinski definition) is 1. The minimum atomic E-state index is -0.361.